The molecule has 4 rings (SSSR count). The summed E-state index contributed by atoms with van der Waals surface area (Å²) in [5.41, 5.74) is 6.39. The number of rotatable bonds is 5. The SMILES string of the molecule is CCc1coc2ccc(CC(C)(C)c3ccc(N4CCOCC4)cc3)cc12. The zero-order valence-electron chi connectivity index (χ0n) is 16.6. The lowest BCUT2D eigenvalue weighted by Crippen LogP contribution is -2.36. The summed E-state index contributed by atoms with van der Waals surface area (Å²) in [7, 11) is 0. The average Bonchev–Trinajstić information content (AvgIpc) is 3.11. The molecule has 2 heterocycles. The molecule has 3 aromatic rings. The van der Waals surface area contributed by atoms with Crippen LogP contribution in [0, 0.1) is 0 Å². The van der Waals surface area contributed by atoms with Crippen molar-refractivity contribution in [3.63, 3.8) is 0 Å². The maximum absolute atomic E-state index is 5.67. The predicted molar refractivity (Wildman–Crippen MR) is 112 cm³/mol. The first-order valence-corrected chi connectivity index (χ1v) is 9.99. The normalized spacial score (nSPS) is 15.4. The van der Waals surface area contributed by atoms with Gasteiger partial charge in [0.2, 0.25) is 0 Å². The molecule has 0 N–H and O–H groups in total. The van der Waals surface area contributed by atoms with Crippen LogP contribution in [0.1, 0.15) is 37.5 Å². The quantitative estimate of drug-likeness (QED) is 0.611. The van der Waals surface area contributed by atoms with Crippen LogP contribution < -0.4 is 4.90 Å². The molecule has 0 unspecified atom stereocenters. The molecular weight excluding hydrogens is 334 g/mol. The second-order valence-electron chi connectivity index (χ2n) is 8.15. The first kappa shape index (κ1) is 18.1. The summed E-state index contributed by atoms with van der Waals surface area (Å²) in [5.74, 6) is 0. The number of hydrogen-bond acceptors (Lipinski definition) is 3. The molecule has 1 aliphatic rings. The molecule has 0 saturated carbocycles. The van der Waals surface area contributed by atoms with Crippen molar-refractivity contribution in [3.05, 3.63) is 65.4 Å². The van der Waals surface area contributed by atoms with Crippen LogP contribution in [0.3, 0.4) is 0 Å². The van der Waals surface area contributed by atoms with Crippen molar-refractivity contribution >= 4 is 16.7 Å². The average molecular weight is 364 g/mol. The zero-order chi connectivity index (χ0) is 18.9. The Balaban J connectivity index is 1.54. The summed E-state index contributed by atoms with van der Waals surface area (Å²) in [5, 5.41) is 1.26. The van der Waals surface area contributed by atoms with Crippen molar-refractivity contribution in [2.24, 2.45) is 0 Å². The van der Waals surface area contributed by atoms with Gasteiger partial charge in [0, 0.05) is 24.2 Å². The van der Waals surface area contributed by atoms with Crippen molar-refractivity contribution in [2.75, 3.05) is 31.2 Å². The molecule has 1 aliphatic heterocycles. The van der Waals surface area contributed by atoms with Crippen molar-refractivity contribution in [3.8, 4) is 0 Å². The summed E-state index contributed by atoms with van der Waals surface area (Å²) in [6.07, 6.45) is 3.90. The third-order valence-electron chi connectivity index (χ3n) is 5.77. The third-order valence-corrected chi connectivity index (χ3v) is 5.77. The van der Waals surface area contributed by atoms with Gasteiger partial charge in [0.25, 0.3) is 0 Å². The van der Waals surface area contributed by atoms with E-state index in [1.54, 1.807) is 0 Å². The molecule has 3 heteroatoms. The molecule has 0 spiro atoms. The van der Waals surface area contributed by atoms with E-state index in [0.717, 1.165) is 44.7 Å². The van der Waals surface area contributed by atoms with Crippen LogP contribution in [0.4, 0.5) is 5.69 Å². The molecule has 1 fully saturated rings. The highest BCUT2D eigenvalue weighted by atomic mass is 16.5. The fraction of sp³-hybridized carbons (Fsp3) is 0.417. The van der Waals surface area contributed by atoms with Crippen LogP contribution in [0.2, 0.25) is 0 Å². The highest BCUT2D eigenvalue weighted by molar-refractivity contribution is 5.81. The minimum Gasteiger partial charge on any atom is -0.464 e. The van der Waals surface area contributed by atoms with Crippen LogP contribution in [-0.4, -0.2) is 26.3 Å². The van der Waals surface area contributed by atoms with E-state index in [4.69, 9.17) is 9.15 Å². The molecule has 3 nitrogen and oxygen atoms in total. The van der Waals surface area contributed by atoms with Crippen LogP contribution in [0.5, 0.6) is 0 Å². The van der Waals surface area contributed by atoms with Gasteiger partial charge in [-0.2, -0.15) is 0 Å². The number of hydrogen-bond donors (Lipinski definition) is 0. The van der Waals surface area contributed by atoms with Crippen molar-refractivity contribution in [1.29, 1.82) is 0 Å². The Morgan fingerprint density at radius 1 is 1.00 bits per heavy atom. The van der Waals surface area contributed by atoms with E-state index in [2.05, 4.69) is 68.1 Å². The summed E-state index contributed by atoms with van der Waals surface area (Å²) in [4.78, 5) is 2.40. The number of furan rings is 1. The monoisotopic (exact) mass is 363 g/mol. The Morgan fingerprint density at radius 3 is 2.44 bits per heavy atom. The van der Waals surface area contributed by atoms with Gasteiger partial charge in [-0.1, -0.05) is 39.0 Å². The summed E-state index contributed by atoms with van der Waals surface area (Å²) < 4.78 is 11.1. The standard InChI is InChI=1S/C24H29NO2/c1-4-19-17-27-23-10-5-18(15-22(19)23)16-24(2,3)20-6-8-21(9-7-20)25-11-13-26-14-12-25/h5-10,15,17H,4,11-14,16H2,1-3H3. The van der Waals surface area contributed by atoms with E-state index in [1.165, 1.54) is 27.8 Å². The Bertz CT molecular complexity index is 902. The first-order chi connectivity index (χ1) is 13.1. The van der Waals surface area contributed by atoms with Gasteiger partial charge >= 0.3 is 0 Å². The molecule has 0 aliphatic carbocycles. The lowest BCUT2D eigenvalue weighted by molar-refractivity contribution is 0.122. The van der Waals surface area contributed by atoms with Crippen molar-refractivity contribution in [2.45, 2.75) is 39.0 Å². The summed E-state index contributed by atoms with van der Waals surface area (Å²) in [6, 6.07) is 15.7. The number of fused-ring (bicyclic) bond motifs is 1. The van der Waals surface area contributed by atoms with E-state index < -0.39 is 0 Å². The van der Waals surface area contributed by atoms with E-state index in [9.17, 15) is 0 Å². The lowest BCUT2D eigenvalue weighted by atomic mass is 9.79. The molecule has 27 heavy (non-hydrogen) atoms. The Kier molecular flexibility index (Phi) is 4.96. The van der Waals surface area contributed by atoms with E-state index in [0.29, 0.717) is 0 Å². The maximum atomic E-state index is 5.67. The van der Waals surface area contributed by atoms with Crippen LogP contribution >= 0.6 is 0 Å². The molecule has 1 aromatic heterocycles. The smallest absolute Gasteiger partial charge is 0.134 e. The lowest BCUT2D eigenvalue weighted by Gasteiger charge is -2.30. The second-order valence-corrected chi connectivity index (χ2v) is 8.15. The topological polar surface area (TPSA) is 25.6 Å². The number of morpholine rings is 1. The van der Waals surface area contributed by atoms with Crippen LogP contribution in [0.25, 0.3) is 11.0 Å². The van der Waals surface area contributed by atoms with Gasteiger partial charge in [-0.15, -0.1) is 0 Å². The molecule has 0 amide bonds. The fourth-order valence-corrected chi connectivity index (χ4v) is 4.07. The molecule has 142 valence electrons. The minimum absolute atomic E-state index is 0.0767. The molecule has 0 atom stereocenters. The molecule has 1 saturated heterocycles. The molecule has 0 bridgehead atoms. The Labute approximate surface area is 161 Å². The van der Waals surface area contributed by atoms with E-state index >= 15 is 0 Å². The Hall–Kier alpha value is -2.26. The van der Waals surface area contributed by atoms with Gasteiger partial charge in [0.05, 0.1) is 19.5 Å². The highest BCUT2D eigenvalue weighted by Gasteiger charge is 2.22. The highest BCUT2D eigenvalue weighted by Crippen LogP contribution is 2.31. The summed E-state index contributed by atoms with van der Waals surface area (Å²) in [6.45, 7) is 10.4. The first-order valence-electron chi connectivity index (χ1n) is 9.99. The number of aryl methyl sites for hydroxylation is 1. The Morgan fingerprint density at radius 2 is 1.74 bits per heavy atom. The number of benzene rings is 2. The van der Waals surface area contributed by atoms with Gasteiger partial charge in [-0.05, 0) is 59.2 Å². The van der Waals surface area contributed by atoms with E-state index in [-0.39, 0.29) is 5.41 Å². The maximum Gasteiger partial charge on any atom is 0.134 e. The van der Waals surface area contributed by atoms with Gasteiger partial charge in [-0.25, -0.2) is 0 Å². The van der Waals surface area contributed by atoms with Crippen molar-refractivity contribution in [1.82, 2.24) is 0 Å². The van der Waals surface area contributed by atoms with Crippen molar-refractivity contribution < 1.29 is 9.15 Å². The number of nitrogens with zero attached hydrogens (tertiary/aromatic N) is 1. The number of anilines is 1. The molecular formula is C24H29NO2. The third kappa shape index (κ3) is 3.74. The minimum atomic E-state index is 0.0767. The second kappa shape index (κ2) is 7.40. The van der Waals surface area contributed by atoms with Gasteiger partial charge in [0.15, 0.2) is 0 Å². The van der Waals surface area contributed by atoms with E-state index in [1.807, 2.05) is 6.26 Å². The molecule has 0 radical (unpaired) electrons. The van der Waals surface area contributed by atoms with Gasteiger partial charge in [0.1, 0.15) is 5.58 Å². The number of ether oxygens (including phenoxy) is 1. The van der Waals surface area contributed by atoms with Crippen LogP contribution in [0.15, 0.2) is 53.1 Å². The van der Waals surface area contributed by atoms with Gasteiger partial charge < -0.3 is 14.1 Å². The summed E-state index contributed by atoms with van der Waals surface area (Å²) >= 11 is 0. The van der Waals surface area contributed by atoms with Gasteiger partial charge in [-0.3, -0.25) is 0 Å². The largest absolute Gasteiger partial charge is 0.464 e. The zero-order valence-corrected chi connectivity index (χ0v) is 16.6. The molecule has 2 aromatic carbocycles. The fourth-order valence-electron chi connectivity index (χ4n) is 4.07. The predicted octanol–water partition coefficient (Wildman–Crippen LogP) is 5.35. The van der Waals surface area contributed by atoms with Crippen LogP contribution in [-0.2, 0) is 23.0 Å².